The van der Waals surface area contributed by atoms with Gasteiger partial charge in [0.05, 0.1) is 5.41 Å². The molecule has 0 radical (unpaired) electrons. The van der Waals surface area contributed by atoms with Crippen LogP contribution in [0.3, 0.4) is 0 Å². The summed E-state index contributed by atoms with van der Waals surface area (Å²) < 4.78 is 0. The number of carbonyl (C=O) groups excluding carboxylic acids is 1. The van der Waals surface area contributed by atoms with Crippen LogP contribution in [0.1, 0.15) is 47.5 Å². The summed E-state index contributed by atoms with van der Waals surface area (Å²) in [5.41, 5.74) is 5.26. The lowest BCUT2D eigenvalue weighted by atomic mass is 9.87. The third kappa shape index (κ3) is 5.17. The number of hydrogen-bond acceptors (Lipinski definition) is 2. The van der Waals surface area contributed by atoms with Gasteiger partial charge < -0.3 is 11.1 Å². The first-order chi connectivity index (χ1) is 6.75. The first-order valence-corrected chi connectivity index (χ1v) is 5.73. The summed E-state index contributed by atoms with van der Waals surface area (Å²) in [5, 5.41) is 2.98. The van der Waals surface area contributed by atoms with Crippen LogP contribution in [-0.2, 0) is 4.79 Å². The van der Waals surface area contributed by atoms with Gasteiger partial charge in [-0.25, -0.2) is 0 Å². The summed E-state index contributed by atoms with van der Waals surface area (Å²) in [5.74, 6) is 0.0502. The first-order valence-electron chi connectivity index (χ1n) is 5.73. The van der Waals surface area contributed by atoms with Crippen molar-refractivity contribution >= 4 is 5.91 Å². The van der Waals surface area contributed by atoms with Crippen molar-refractivity contribution < 1.29 is 4.79 Å². The number of amides is 1. The zero-order valence-electron chi connectivity index (χ0n) is 10.8. The lowest BCUT2D eigenvalue weighted by molar-refractivity contribution is -0.129. The molecule has 0 spiro atoms. The normalized spacial score (nSPS) is 12.7. The second-order valence-corrected chi connectivity index (χ2v) is 5.68. The van der Waals surface area contributed by atoms with Crippen LogP contribution in [0.15, 0.2) is 0 Å². The van der Waals surface area contributed by atoms with Gasteiger partial charge in [-0.2, -0.15) is 0 Å². The van der Waals surface area contributed by atoms with Crippen LogP contribution in [0.4, 0.5) is 0 Å². The highest BCUT2D eigenvalue weighted by atomic mass is 16.2. The Morgan fingerprint density at radius 1 is 1.27 bits per heavy atom. The minimum Gasteiger partial charge on any atom is -0.355 e. The molecule has 0 aliphatic heterocycles. The average Bonchev–Trinajstić information content (AvgIpc) is 2.14. The standard InChI is InChI=1S/C12H26N2O/c1-6-7-11(2,3)9-14-10(15)12(4,5)8-13/h6-9,13H2,1-5H3,(H,14,15). The van der Waals surface area contributed by atoms with Crippen LogP contribution in [0.25, 0.3) is 0 Å². The van der Waals surface area contributed by atoms with Crippen LogP contribution >= 0.6 is 0 Å². The Labute approximate surface area is 93.8 Å². The van der Waals surface area contributed by atoms with Gasteiger partial charge in [0.15, 0.2) is 0 Å². The van der Waals surface area contributed by atoms with Gasteiger partial charge in [-0.15, -0.1) is 0 Å². The summed E-state index contributed by atoms with van der Waals surface area (Å²) in [6, 6.07) is 0. The van der Waals surface area contributed by atoms with Crippen molar-refractivity contribution in [2.24, 2.45) is 16.6 Å². The molecule has 0 saturated heterocycles. The molecule has 0 bridgehead atoms. The van der Waals surface area contributed by atoms with E-state index < -0.39 is 5.41 Å². The molecule has 0 rings (SSSR count). The average molecular weight is 214 g/mol. The van der Waals surface area contributed by atoms with Gasteiger partial charge in [-0.1, -0.05) is 27.2 Å². The van der Waals surface area contributed by atoms with E-state index in [1.807, 2.05) is 13.8 Å². The molecular weight excluding hydrogens is 188 g/mol. The number of nitrogens with two attached hydrogens (primary N) is 1. The highest BCUT2D eigenvalue weighted by Crippen LogP contribution is 2.21. The summed E-state index contributed by atoms with van der Waals surface area (Å²) in [6.07, 6.45) is 2.26. The summed E-state index contributed by atoms with van der Waals surface area (Å²) in [7, 11) is 0. The Morgan fingerprint density at radius 3 is 2.20 bits per heavy atom. The largest absolute Gasteiger partial charge is 0.355 e. The van der Waals surface area contributed by atoms with Crippen molar-refractivity contribution in [2.45, 2.75) is 47.5 Å². The van der Waals surface area contributed by atoms with Gasteiger partial charge in [-0.05, 0) is 25.7 Å². The zero-order valence-corrected chi connectivity index (χ0v) is 10.8. The molecule has 0 aliphatic carbocycles. The maximum absolute atomic E-state index is 11.8. The lowest BCUT2D eigenvalue weighted by Gasteiger charge is -2.28. The zero-order chi connectivity index (χ0) is 12.1. The van der Waals surface area contributed by atoms with E-state index in [-0.39, 0.29) is 11.3 Å². The molecule has 3 heteroatoms. The molecular formula is C12H26N2O. The van der Waals surface area contributed by atoms with E-state index in [1.165, 1.54) is 0 Å². The van der Waals surface area contributed by atoms with E-state index >= 15 is 0 Å². The second kappa shape index (κ2) is 5.50. The predicted molar refractivity (Wildman–Crippen MR) is 64.5 cm³/mol. The fourth-order valence-electron chi connectivity index (χ4n) is 1.42. The highest BCUT2D eigenvalue weighted by Gasteiger charge is 2.27. The number of carbonyl (C=O) groups is 1. The van der Waals surface area contributed by atoms with Crippen LogP contribution < -0.4 is 11.1 Å². The topological polar surface area (TPSA) is 55.1 Å². The van der Waals surface area contributed by atoms with Crippen molar-refractivity contribution in [2.75, 3.05) is 13.1 Å². The molecule has 0 aromatic carbocycles. The van der Waals surface area contributed by atoms with Gasteiger partial charge in [0.2, 0.25) is 5.91 Å². The summed E-state index contributed by atoms with van der Waals surface area (Å²) in [6.45, 7) is 11.4. The van der Waals surface area contributed by atoms with E-state index in [4.69, 9.17) is 5.73 Å². The van der Waals surface area contributed by atoms with Gasteiger partial charge in [0.1, 0.15) is 0 Å². The Balaban J connectivity index is 4.11. The van der Waals surface area contributed by atoms with Crippen LogP contribution in [0, 0.1) is 10.8 Å². The van der Waals surface area contributed by atoms with Crippen LogP contribution in [0.2, 0.25) is 0 Å². The van der Waals surface area contributed by atoms with Crippen LogP contribution in [-0.4, -0.2) is 19.0 Å². The van der Waals surface area contributed by atoms with Gasteiger partial charge >= 0.3 is 0 Å². The predicted octanol–water partition coefficient (Wildman–Crippen LogP) is 1.91. The first kappa shape index (κ1) is 14.4. The Kier molecular flexibility index (Phi) is 5.29. The van der Waals surface area contributed by atoms with E-state index in [0.29, 0.717) is 6.54 Å². The molecule has 3 nitrogen and oxygen atoms in total. The SMILES string of the molecule is CCCC(C)(C)CNC(=O)C(C)(C)CN. The molecule has 0 fully saturated rings. The highest BCUT2D eigenvalue weighted by molar-refractivity contribution is 5.82. The van der Waals surface area contributed by atoms with Crippen molar-refractivity contribution in [3.05, 3.63) is 0 Å². The molecule has 1 amide bonds. The van der Waals surface area contributed by atoms with Crippen molar-refractivity contribution in [1.82, 2.24) is 5.32 Å². The van der Waals surface area contributed by atoms with E-state index in [0.717, 1.165) is 19.4 Å². The van der Waals surface area contributed by atoms with Crippen molar-refractivity contribution in [3.63, 3.8) is 0 Å². The summed E-state index contributed by atoms with van der Waals surface area (Å²) in [4.78, 5) is 11.8. The van der Waals surface area contributed by atoms with Crippen LogP contribution in [0.5, 0.6) is 0 Å². The summed E-state index contributed by atoms with van der Waals surface area (Å²) >= 11 is 0. The minimum atomic E-state index is -0.456. The lowest BCUT2D eigenvalue weighted by Crippen LogP contribution is -2.44. The Bertz CT molecular complexity index is 210. The number of nitrogens with one attached hydrogen (secondary N) is 1. The van der Waals surface area contributed by atoms with E-state index in [2.05, 4.69) is 26.1 Å². The Hall–Kier alpha value is -0.570. The minimum absolute atomic E-state index is 0.0502. The smallest absolute Gasteiger partial charge is 0.226 e. The Morgan fingerprint density at radius 2 is 1.80 bits per heavy atom. The molecule has 0 heterocycles. The molecule has 0 unspecified atom stereocenters. The maximum atomic E-state index is 11.8. The molecule has 0 atom stereocenters. The molecule has 0 aromatic heterocycles. The van der Waals surface area contributed by atoms with E-state index in [1.54, 1.807) is 0 Å². The van der Waals surface area contributed by atoms with Gasteiger partial charge in [0, 0.05) is 13.1 Å². The maximum Gasteiger partial charge on any atom is 0.226 e. The van der Waals surface area contributed by atoms with Crippen molar-refractivity contribution in [1.29, 1.82) is 0 Å². The molecule has 90 valence electrons. The molecule has 0 aromatic rings. The molecule has 0 saturated carbocycles. The van der Waals surface area contributed by atoms with E-state index in [9.17, 15) is 4.79 Å². The number of rotatable bonds is 6. The quantitative estimate of drug-likeness (QED) is 0.709. The number of hydrogen-bond donors (Lipinski definition) is 2. The van der Waals surface area contributed by atoms with Crippen molar-refractivity contribution in [3.8, 4) is 0 Å². The second-order valence-electron chi connectivity index (χ2n) is 5.68. The fraction of sp³-hybridized carbons (Fsp3) is 0.917. The molecule has 15 heavy (non-hydrogen) atoms. The molecule has 3 N–H and O–H groups in total. The van der Waals surface area contributed by atoms with Gasteiger partial charge in [-0.3, -0.25) is 4.79 Å². The molecule has 0 aliphatic rings. The van der Waals surface area contributed by atoms with Gasteiger partial charge in [0.25, 0.3) is 0 Å². The third-order valence-electron chi connectivity index (χ3n) is 2.78. The monoisotopic (exact) mass is 214 g/mol. The third-order valence-corrected chi connectivity index (χ3v) is 2.78. The fourth-order valence-corrected chi connectivity index (χ4v) is 1.42.